The Morgan fingerprint density at radius 3 is 2.50 bits per heavy atom. The molecule has 0 aliphatic heterocycles. The average Bonchev–Trinajstić information content (AvgIpc) is 2.15. The van der Waals surface area contributed by atoms with E-state index in [4.69, 9.17) is 11.6 Å². The number of aliphatic hydroxyl groups excluding tert-OH is 1. The van der Waals surface area contributed by atoms with Gasteiger partial charge >= 0.3 is 0 Å². The van der Waals surface area contributed by atoms with Gasteiger partial charge in [-0.05, 0) is 24.6 Å². The maximum Gasteiger partial charge on any atom is 0.255 e. The van der Waals surface area contributed by atoms with Gasteiger partial charge in [-0.3, -0.25) is 0 Å². The minimum absolute atomic E-state index is 0.363. The zero-order valence-corrected chi connectivity index (χ0v) is 9.88. The van der Waals surface area contributed by atoms with E-state index in [1.165, 1.54) is 4.90 Å². The standard InChI is InChI=1S/C11H14ClF2NO/c1-7(16)8-3-4-10(9(12)5-8)15(2)6-11(13)14/h3-5,7,11,16H,6H2,1-2H3/t7-/m0/s1. The number of aliphatic hydroxyl groups is 1. The SMILES string of the molecule is C[C@H](O)c1ccc(N(C)CC(F)F)c(Cl)c1. The van der Waals surface area contributed by atoms with E-state index in [1.807, 2.05) is 0 Å². The highest BCUT2D eigenvalue weighted by Crippen LogP contribution is 2.28. The average molecular weight is 250 g/mol. The molecule has 0 fully saturated rings. The van der Waals surface area contributed by atoms with Crippen molar-refractivity contribution in [3.8, 4) is 0 Å². The van der Waals surface area contributed by atoms with E-state index in [0.29, 0.717) is 16.3 Å². The molecule has 1 aromatic carbocycles. The zero-order valence-electron chi connectivity index (χ0n) is 9.12. The molecule has 2 nitrogen and oxygen atoms in total. The maximum absolute atomic E-state index is 12.2. The van der Waals surface area contributed by atoms with E-state index in [-0.39, 0.29) is 6.54 Å². The van der Waals surface area contributed by atoms with Gasteiger partial charge in [0.15, 0.2) is 0 Å². The molecule has 0 aliphatic rings. The normalized spacial score (nSPS) is 12.9. The Kier molecular flexibility index (Phi) is 4.50. The Morgan fingerprint density at radius 1 is 1.44 bits per heavy atom. The quantitative estimate of drug-likeness (QED) is 0.886. The Bertz CT molecular complexity index is 358. The van der Waals surface area contributed by atoms with E-state index in [9.17, 15) is 13.9 Å². The molecule has 0 aliphatic carbocycles. The molecule has 1 rings (SSSR count). The van der Waals surface area contributed by atoms with Gasteiger partial charge in [0.25, 0.3) is 6.43 Å². The number of alkyl halides is 2. The third-order valence-electron chi connectivity index (χ3n) is 2.28. The molecule has 90 valence electrons. The molecule has 16 heavy (non-hydrogen) atoms. The summed E-state index contributed by atoms with van der Waals surface area (Å²) in [6.07, 6.45) is -3.02. The molecular weight excluding hydrogens is 236 g/mol. The van der Waals surface area contributed by atoms with E-state index in [1.54, 1.807) is 32.2 Å². The molecule has 5 heteroatoms. The van der Waals surface area contributed by atoms with Gasteiger partial charge in [0.05, 0.1) is 23.4 Å². The summed E-state index contributed by atoms with van der Waals surface area (Å²) in [7, 11) is 1.55. The lowest BCUT2D eigenvalue weighted by molar-refractivity contribution is 0.156. The highest BCUT2D eigenvalue weighted by molar-refractivity contribution is 6.33. The summed E-state index contributed by atoms with van der Waals surface area (Å²) in [6, 6.07) is 4.89. The van der Waals surface area contributed by atoms with Crippen molar-refractivity contribution >= 4 is 17.3 Å². The number of halogens is 3. The van der Waals surface area contributed by atoms with Crippen LogP contribution in [0.3, 0.4) is 0 Å². The predicted octanol–water partition coefficient (Wildman–Crippen LogP) is 3.09. The highest BCUT2D eigenvalue weighted by atomic mass is 35.5. The fourth-order valence-electron chi connectivity index (χ4n) is 1.40. The van der Waals surface area contributed by atoms with E-state index in [0.717, 1.165) is 0 Å². The molecule has 0 saturated carbocycles. The van der Waals surface area contributed by atoms with Gasteiger partial charge in [0.2, 0.25) is 0 Å². The first-order valence-corrected chi connectivity index (χ1v) is 5.26. The molecule has 0 amide bonds. The van der Waals surface area contributed by atoms with Gasteiger partial charge in [-0.2, -0.15) is 0 Å². The summed E-state index contributed by atoms with van der Waals surface area (Å²) in [5.74, 6) is 0. The molecule has 0 spiro atoms. The zero-order chi connectivity index (χ0) is 12.3. The number of hydrogen-bond acceptors (Lipinski definition) is 2. The van der Waals surface area contributed by atoms with Crippen LogP contribution in [0.15, 0.2) is 18.2 Å². The lowest BCUT2D eigenvalue weighted by Gasteiger charge is -2.20. The van der Waals surface area contributed by atoms with Gasteiger partial charge in [0, 0.05) is 7.05 Å². The van der Waals surface area contributed by atoms with Crippen LogP contribution in [-0.4, -0.2) is 25.1 Å². The second-order valence-corrected chi connectivity index (χ2v) is 4.07. The smallest absolute Gasteiger partial charge is 0.255 e. The summed E-state index contributed by atoms with van der Waals surface area (Å²) >= 11 is 5.95. The van der Waals surface area contributed by atoms with Gasteiger partial charge in [-0.25, -0.2) is 8.78 Å². The van der Waals surface area contributed by atoms with Crippen LogP contribution in [0.1, 0.15) is 18.6 Å². The minimum atomic E-state index is -2.41. The number of benzene rings is 1. The Morgan fingerprint density at radius 2 is 2.06 bits per heavy atom. The second-order valence-electron chi connectivity index (χ2n) is 3.66. The highest BCUT2D eigenvalue weighted by Gasteiger charge is 2.12. The van der Waals surface area contributed by atoms with Crippen molar-refractivity contribution in [2.45, 2.75) is 19.5 Å². The molecule has 0 radical (unpaired) electrons. The van der Waals surface area contributed by atoms with Gasteiger partial charge in [-0.1, -0.05) is 17.7 Å². The van der Waals surface area contributed by atoms with Gasteiger partial charge < -0.3 is 10.0 Å². The molecule has 0 saturated heterocycles. The monoisotopic (exact) mass is 249 g/mol. The molecule has 0 bridgehead atoms. The van der Waals surface area contributed by atoms with Crippen LogP contribution in [0.25, 0.3) is 0 Å². The first-order valence-electron chi connectivity index (χ1n) is 4.88. The molecule has 1 aromatic rings. The molecule has 1 N–H and O–H groups in total. The van der Waals surface area contributed by atoms with Crippen LogP contribution in [0.4, 0.5) is 14.5 Å². The van der Waals surface area contributed by atoms with Crippen LogP contribution < -0.4 is 4.90 Å². The maximum atomic E-state index is 12.2. The Balaban J connectivity index is 2.90. The van der Waals surface area contributed by atoms with Crippen molar-refractivity contribution in [2.75, 3.05) is 18.5 Å². The Labute approximate surface area is 98.4 Å². The summed E-state index contributed by atoms with van der Waals surface area (Å²) < 4.78 is 24.4. The molecule has 0 heterocycles. The lowest BCUT2D eigenvalue weighted by Crippen LogP contribution is -2.24. The van der Waals surface area contributed by atoms with Crippen LogP contribution in [0.2, 0.25) is 5.02 Å². The third-order valence-corrected chi connectivity index (χ3v) is 2.58. The number of anilines is 1. The summed E-state index contributed by atoms with van der Waals surface area (Å²) in [6.45, 7) is 1.25. The second kappa shape index (κ2) is 5.46. The largest absolute Gasteiger partial charge is 0.389 e. The summed E-state index contributed by atoms with van der Waals surface area (Å²) in [4.78, 5) is 1.39. The topological polar surface area (TPSA) is 23.5 Å². The number of hydrogen-bond donors (Lipinski definition) is 1. The van der Waals surface area contributed by atoms with Crippen molar-refractivity contribution in [1.82, 2.24) is 0 Å². The van der Waals surface area contributed by atoms with Crippen molar-refractivity contribution in [3.05, 3.63) is 28.8 Å². The van der Waals surface area contributed by atoms with Crippen molar-refractivity contribution < 1.29 is 13.9 Å². The van der Waals surface area contributed by atoms with Crippen molar-refractivity contribution in [2.24, 2.45) is 0 Å². The minimum Gasteiger partial charge on any atom is -0.389 e. The fraction of sp³-hybridized carbons (Fsp3) is 0.455. The first kappa shape index (κ1) is 13.2. The fourth-order valence-corrected chi connectivity index (χ4v) is 1.73. The van der Waals surface area contributed by atoms with E-state index < -0.39 is 12.5 Å². The predicted molar refractivity (Wildman–Crippen MR) is 61.4 cm³/mol. The number of rotatable bonds is 4. The molecule has 0 aromatic heterocycles. The van der Waals surface area contributed by atoms with Crippen molar-refractivity contribution in [3.63, 3.8) is 0 Å². The van der Waals surface area contributed by atoms with E-state index >= 15 is 0 Å². The summed E-state index contributed by atoms with van der Waals surface area (Å²) in [5, 5.41) is 9.69. The Hall–Kier alpha value is -0.870. The van der Waals surface area contributed by atoms with Gasteiger partial charge in [0.1, 0.15) is 0 Å². The molecular formula is C11H14ClF2NO. The van der Waals surface area contributed by atoms with Crippen molar-refractivity contribution in [1.29, 1.82) is 0 Å². The van der Waals surface area contributed by atoms with Crippen LogP contribution in [0, 0.1) is 0 Å². The lowest BCUT2D eigenvalue weighted by atomic mass is 10.1. The molecule has 1 atom stereocenters. The van der Waals surface area contributed by atoms with Crippen LogP contribution >= 0.6 is 11.6 Å². The summed E-state index contributed by atoms with van der Waals surface area (Å²) in [5.41, 5.74) is 1.20. The van der Waals surface area contributed by atoms with Gasteiger partial charge in [-0.15, -0.1) is 0 Å². The molecule has 0 unspecified atom stereocenters. The van der Waals surface area contributed by atoms with Crippen LogP contribution in [0.5, 0.6) is 0 Å². The third kappa shape index (κ3) is 3.32. The number of nitrogens with zero attached hydrogens (tertiary/aromatic N) is 1. The van der Waals surface area contributed by atoms with E-state index in [2.05, 4.69) is 0 Å². The van der Waals surface area contributed by atoms with Crippen LogP contribution in [-0.2, 0) is 0 Å². The first-order chi connectivity index (χ1) is 7.41.